The van der Waals surface area contributed by atoms with Gasteiger partial charge in [0.1, 0.15) is 5.69 Å². The first-order chi connectivity index (χ1) is 16.6. The number of carbonyl (C=O) groups is 1. The topological polar surface area (TPSA) is 45.2 Å². The molecule has 4 rings (SSSR count). The second-order valence-corrected chi connectivity index (χ2v) is 7.66. The third-order valence-corrected chi connectivity index (χ3v) is 5.40. The lowest BCUT2D eigenvalue weighted by atomic mass is 9.98. The van der Waals surface area contributed by atoms with Gasteiger partial charge < -0.3 is 10.2 Å². The van der Waals surface area contributed by atoms with Gasteiger partial charge in [-0.25, -0.2) is 4.98 Å². The normalized spacial score (nSPS) is 12.5. The molecule has 1 aliphatic heterocycles. The molecule has 1 N–H and O–H groups in total. The van der Waals surface area contributed by atoms with E-state index in [0.29, 0.717) is 22.5 Å². The molecular formula is C26H22ClF4N3O. The number of rotatable bonds is 4. The third kappa shape index (κ3) is 5.71. The van der Waals surface area contributed by atoms with Crippen molar-refractivity contribution < 1.29 is 22.4 Å². The molecule has 3 aromatic rings. The molecule has 1 aliphatic rings. The van der Waals surface area contributed by atoms with E-state index in [0.717, 1.165) is 12.1 Å². The summed E-state index contributed by atoms with van der Waals surface area (Å²) in [5.74, 6) is -1.16. The number of pyridine rings is 1. The van der Waals surface area contributed by atoms with E-state index in [-0.39, 0.29) is 17.7 Å². The van der Waals surface area contributed by atoms with Gasteiger partial charge in [-0.3, -0.25) is 4.79 Å². The highest BCUT2D eigenvalue weighted by Crippen LogP contribution is 2.37. The highest BCUT2D eigenvalue weighted by molar-refractivity contribution is 6.31. The Bertz CT molecular complexity index is 1290. The lowest BCUT2D eigenvalue weighted by Gasteiger charge is -2.28. The standard InChI is InChI=1S/C24H16ClF4N3O.C2H6/c1-14-16-4-2-5-20(17(16)9-11-32(14)21-6-3-10-30-23(21)26)31-22(33)13-15-7-8-19(25)18(12-15)24(27,28)29;1-2/h2-12H,1,13H2,(H,31,33);1-2H3. The lowest BCUT2D eigenvalue weighted by Crippen LogP contribution is -2.21. The fourth-order valence-electron chi connectivity index (χ4n) is 3.54. The Hall–Kier alpha value is -3.65. The number of anilines is 2. The van der Waals surface area contributed by atoms with E-state index in [1.807, 2.05) is 13.8 Å². The van der Waals surface area contributed by atoms with E-state index in [4.69, 9.17) is 11.6 Å². The second kappa shape index (κ2) is 10.7. The monoisotopic (exact) mass is 503 g/mol. The molecule has 0 unspecified atom stereocenters. The van der Waals surface area contributed by atoms with Gasteiger partial charge in [-0.15, -0.1) is 0 Å². The maximum atomic E-state index is 14.1. The number of aromatic nitrogens is 1. The Labute approximate surface area is 205 Å². The summed E-state index contributed by atoms with van der Waals surface area (Å²) in [5.41, 5.74) is 1.63. The predicted molar refractivity (Wildman–Crippen MR) is 131 cm³/mol. The van der Waals surface area contributed by atoms with Gasteiger partial charge >= 0.3 is 6.18 Å². The minimum Gasteiger partial charge on any atom is -0.325 e. The zero-order valence-electron chi connectivity index (χ0n) is 19.0. The summed E-state index contributed by atoms with van der Waals surface area (Å²) in [4.78, 5) is 17.8. The number of nitrogens with one attached hydrogen (secondary N) is 1. The molecule has 0 aliphatic carbocycles. The molecule has 4 nitrogen and oxygen atoms in total. The zero-order valence-corrected chi connectivity index (χ0v) is 19.7. The summed E-state index contributed by atoms with van der Waals surface area (Å²) in [5, 5.41) is 2.30. The highest BCUT2D eigenvalue weighted by Gasteiger charge is 2.33. The Morgan fingerprint density at radius 2 is 1.89 bits per heavy atom. The van der Waals surface area contributed by atoms with E-state index >= 15 is 0 Å². The van der Waals surface area contributed by atoms with Crippen molar-refractivity contribution in [3.05, 3.63) is 101 Å². The van der Waals surface area contributed by atoms with Crippen LogP contribution >= 0.6 is 11.6 Å². The van der Waals surface area contributed by atoms with E-state index in [9.17, 15) is 22.4 Å². The van der Waals surface area contributed by atoms with Crippen LogP contribution in [-0.4, -0.2) is 10.9 Å². The summed E-state index contributed by atoms with van der Waals surface area (Å²) in [7, 11) is 0. The van der Waals surface area contributed by atoms with E-state index in [1.165, 1.54) is 12.3 Å². The molecule has 182 valence electrons. The number of hydrogen-bond donors (Lipinski definition) is 1. The average Bonchev–Trinajstić information content (AvgIpc) is 2.82. The van der Waals surface area contributed by atoms with Crippen LogP contribution in [0, 0.1) is 5.95 Å². The number of amides is 1. The van der Waals surface area contributed by atoms with Crippen molar-refractivity contribution in [2.24, 2.45) is 0 Å². The molecule has 1 amide bonds. The van der Waals surface area contributed by atoms with Gasteiger partial charge in [-0.05, 0) is 42.0 Å². The van der Waals surface area contributed by atoms with Crippen molar-refractivity contribution in [3.63, 3.8) is 0 Å². The van der Waals surface area contributed by atoms with Crippen LogP contribution < -0.4 is 10.2 Å². The van der Waals surface area contributed by atoms with Crippen molar-refractivity contribution >= 4 is 40.7 Å². The van der Waals surface area contributed by atoms with Crippen molar-refractivity contribution in [1.29, 1.82) is 0 Å². The fraction of sp³-hybridized carbons (Fsp3) is 0.154. The van der Waals surface area contributed by atoms with Crippen LogP contribution in [0.5, 0.6) is 0 Å². The van der Waals surface area contributed by atoms with Crippen LogP contribution in [0.2, 0.25) is 5.02 Å². The Morgan fingerprint density at radius 1 is 1.14 bits per heavy atom. The van der Waals surface area contributed by atoms with Crippen LogP contribution in [0.25, 0.3) is 11.8 Å². The molecule has 9 heteroatoms. The summed E-state index contributed by atoms with van der Waals surface area (Å²) >= 11 is 5.64. The first-order valence-corrected chi connectivity index (χ1v) is 11.1. The van der Waals surface area contributed by atoms with Crippen molar-refractivity contribution in [1.82, 2.24) is 4.98 Å². The molecule has 0 radical (unpaired) electrons. The summed E-state index contributed by atoms with van der Waals surface area (Å²) in [6.45, 7) is 8.03. The molecule has 0 saturated heterocycles. The Kier molecular flexibility index (Phi) is 7.96. The van der Waals surface area contributed by atoms with E-state index in [1.54, 1.807) is 47.5 Å². The quantitative estimate of drug-likeness (QED) is 0.295. The number of halogens is 5. The molecule has 0 spiro atoms. The van der Waals surface area contributed by atoms with Gasteiger partial charge in [0.05, 0.1) is 17.0 Å². The summed E-state index contributed by atoms with van der Waals surface area (Å²) in [6, 6.07) is 11.7. The van der Waals surface area contributed by atoms with E-state index in [2.05, 4.69) is 16.9 Å². The van der Waals surface area contributed by atoms with Crippen LogP contribution in [0.15, 0.2) is 67.5 Å². The summed E-state index contributed by atoms with van der Waals surface area (Å²) in [6.07, 6.45) is -0.255. The van der Waals surface area contributed by atoms with E-state index < -0.39 is 28.6 Å². The minimum atomic E-state index is -4.62. The predicted octanol–water partition coefficient (Wildman–Crippen LogP) is 7.56. The largest absolute Gasteiger partial charge is 0.417 e. The maximum Gasteiger partial charge on any atom is 0.417 e. The molecule has 0 atom stereocenters. The van der Waals surface area contributed by atoms with Gasteiger partial charge in [0.25, 0.3) is 0 Å². The van der Waals surface area contributed by atoms with Crippen LogP contribution in [0.3, 0.4) is 0 Å². The summed E-state index contributed by atoms with van der Waals surface area (Å²) < 4.78 is 53.4. The van der Waals surface area contributed by atoms with Gasteiger partial charge in [0.2, 0.25) is 11.9 Å². The van der Waals surface area contributed by atoms with Crippen molar-refractivity contribution in [3.8, 4) is 0 Å². The van der Waals surface area contributed by atoms with Crippen LogP contribution in [0.4, 0.5) is 28.9 Å². The first-order valence-electron chi connectivity index (χ1n) is 10.7. The van der Waals surface area contributed by atoms with Crippen molar-refractivity contribution in [2.75, 3.05) is 10.2 Å². The van der Waals surface area contributed by atoms with Crippen LogP contribution in [0.1, 0.15) is 36.1 Å². The highest BCUT2D eigenvalue weighted by atomic mass is 35.5. The van der Waals surface area contributed by atoms with Gasteiger partial charge in [-0.1, -0.05) is 50.2 Å². The number of fused-ring (bicyclic) bond motifs is 1. The SMILES string of the molecule is C=C1c2cccc(NC(=O)Cc3ccc(Cl)c(C(F)(F)F)c3)c2C=CN1c1cccnc1F.CC. The first kappa shape index (κ1) is 26.0. The smallest absolute Gasteiger partial charge is 0.325 e. The Morgan fingerprint density at radius 3 is 2.57 bits per heavy atom. The molecule has 35 heavy (non-hydrogen) atoms. The molecular weight excluding hydrogens is 482 g/mol. The van der Waals surface area contributed by atoms with Crippen LogP contribution in [-0.2, 0) is 17.4 Å². The molecule has 1 aromatic heterocycles. The number of carbonyl (C=O) groups excluding carboxylic acids is 1. The second-order valence-electron chi connectivity index (χ2n) is 7.25. The average molecular weight is 504 g/mol. The molecule has 0 bridgehead atoms. The molecule has 0 fully saturated rings. The van der Waals surface area contributed by atoms with Gasteiger partial charge in [0, 0.05) is 34.9 Å². The fourth-order valence-corrected chi connectivity index (χ4v) is 3.76. The third-order valence-electron chi connectivity index (χ3n) is 5.07. The molecule has 0 saturated carbocycles. The number of hydrogen-bond acceptors (Lipinski definition) is 3. The zero-order chi connectivity index (χ0) is 25.8. The maximum absolute atomic E-state index is 14.1. The lowest BCUT2D eigenvalue weighted by molar-refractivity contribution is -0.137. The number of nitrogens with zero attached hydrogens (tertiary/aromatic N) is 2. The number of alkyl halides is 3. The Balaban J connectivity index is 0.00000167. The number of benzene rings is 2. The van der Waals surface area contributed by atoms with Crippen molar-refractivity contribution in [2.45, 2.75) is 26.4 Å². The minimum absolute atomic E-state index is 0.173. The van der Waals surface area contributed by atoms with Gasteiger partial charge in [-0.2, -0.15) is 17.6 Å². The molecule has 2 aromatic carbocycles. The van der Waals surface area contributed by atoms with Gasteiger partial charge in [0.15, 0.2) is 0 Å². The molecule has 2 heterocycles.